The number of hydrogen-bond acceptors (Lipinski definition) is 5. The molecule has 1 fully saturated rings. The van der Waals surface area contributed by atoms with Gasteiger partial charge in [-0.15, -0.1) is 0 Å². The Morgan fingerprint density at radius 2 is 2.14 bits per heavy atom. The van der Waals surface area contributed by atoms with E-state index in [0.29, 0.717) is 18.2 Å². The molecule has 0 aromatic carbocycles. The molecule has 2 rings (SSSR count). The number of rotatable bonds is 5. The Hall–Kier alpha value is -1.34. The highest BCUT2D eigenvalue weighted by Gasteiger charge is 2.25. The Bertz CT molecular complexity index is 565. The summed E-state index contributed by atoms with van der Waals surface area (Å²) in [6.45, 7) is 7.21. The number of aromatic amines is 1. The summed E-state index contributed by atoms with van der Waals surface area (Å²) in [4.78, 5) is 32.8. The summed E-state index contributed by atoms with van der Waals surface area (Å²) < 4.78 is 5.63. The summed E-state index contributed by atoms with van der Waals surface area (Å²) in [5.74, 6) is 0.327. The van der Waals surface area contributed by atoms with E-state index in [0.717, 1.165) is 18.5 Å². The maximum atomic E-state index is 12.3. The fraction of sp³-hybridized carbons (Fsp3) is 0.667. The molecule has 1 aliphatic heterocycles. The van der Waals surface area contributed by atoms with Crippen molar-refractivity contribution in [2.24, 2.45) is 0 Å². The first-order valence-corrected chi connectivity index (χ1v) is 8.62. The third-order valence-corrected chi connectivity index (χ3v) is 4.24. The minimum atomic E-state index is -0.165. The third-order valence-electron chi connectivity index (χ3n) is 3.38. The molecule has 1 aromatic heterocycles. The van der Waals surface area contributed by atoms with Crippen LogP contribution in [-0.4, -0.2) is 51.8 Å². The lowest BCUT2D eigenvalue weighted by Gasteiger charge is -2.35. The van der Waals surface area contributed by atoms with Crippen LogP contribution in [-0.2, 0) is 16.0 Å². The van der Waals surface area contributed by atoms with Gasteiger partial charge in [0.15, 0.2) is 5.16 Å². The van der Waals surface area contributed by atoms with Gasteiger partial charge in [-0.05, 0) is 20.3 Å². The third kappa shape index (κ3) is 4.84. The van der Waals surface area contributed by atoms with Gasteiger partial charge in [-0.2, -0.15) is 0 Å². The van der Waals surface area contributed by atoms with Crippen LogP contribution in [0.2, 0.25) is 0 Å². The lowest BCUT2D eigenvalue weighted by Crippen LogP contribution is -2.48. The van der Waals surface area contributed by atoms with E-state index in [9.17, 15) is 9.59 Å². The van der Waals surface area contributed by atoms with Crippen molar-refractivity contribution >= 4 is 17.7 Å². The molecule has 6 nitrogen and oxygen atoms in total. The highest BCUT2D eigenvalue weighted by molar-refractivity contribution is 7.99. The number of nitrogens with zero attached hydrogens (tertiary/aromatic N) is 2. The zero-order chi connectivity index (χ0) is 16.1. The molecule has 0 unspecified atom stereocenters. The molecule has 0 spiro atoms. The standard InChI is InChI=1S/C15H23N3O3S/c1-4-5-12-6-13(19)17-15(16-12)22-9-14(20)18-7-10(2)21-11(3)8-18/h6,10-11H,4-5,7-9H2,1-3H3,(H,16,17,19)/t10-,11-/m1/s1. The average molecular weight is 325 g/mol. The van der Waals surface area contributed by atoms with E-state index in [4.69, 9.17) is 4.74 Å². The molecular weight excluding hydrogens is 302 g/mol. The molecule has 0 bridgehead atoms. The van der Waals surface area contributed by atoms with Crippen molar-refractivity contribution in [3.63, 3.8) is 0 Å². The number of carbonyl (C=O) groups is 1. The Morgan fingerprint density at radius 1 is 1.45 bits per heavy atom. The van der Waals surface area contributed by atoms with Crippen LogP contribution in [0.15, 0.2) is 16.0 Å². The Labute approximate surface area is 134 Å². The molecule has 1 N–H and O–H groups in total. The second-order valence-electron chi connectivity index (χ2n) is 5.64. The second-order valence-corrected chi connectivity index (χ2v) is 6.60. The Kier molecular flexibility index (Phi) is 6.02. The Balaban J connectivity index is 1.94. The molecule has 7 heteroatoms. The summed E-state index contributed by atoms with van der Waals surface area (Å²) in [6, 6.07) is 1.51. The van der Waals surface area contributed by atoms with Crippen molar-refractivity contribution in [1.82, 2.24) is 14.9 Å². The van der Waals surface area contributed by atoms with Crippen molar-refractivity contribution in [2.45, 2.75) is 51.0 Å². The summed E-state index contributed by atoms with van der Waals surface area (Å²) in [5, 5.41) is 0.513. The van der Waals surface area contributed by atoms with E-state index >= 15 is 0 Å². The van der Waals surface area contributed by atoms with Crippen molar-refractivity contribution < 1.29 is 9.53 Å². The molecule has 1 saturated heterocycles. The van der Waals surface area contributed by atoms with Gasteiger partial charge in [0.2, 0.25) is 5.91 Å². The number of aryl methyl sites for hydroxylation is 1. The van der Waals surface area contributed by atoms with Crippen LogP contribution in [0, 0.1) is 0 Å². The first-order valence-electron chi connectivity index (χ1n) is 7.64. The number of carbonyl (C=O) groups excluding carboxylic acids is 1. The van der Waals surface area contributed by atoms with Gasteiger partial charge in [0.05, 0.1) is 18.0 Å². The number of amides is 1. The summed E-state index contributed by atoms with van der Waals surface area (Å²) in [6.07, 6.45) is 1.82. The van der Waals surface area contributed by atoms with E-state index in [2.05, 4.69) is 9.97 Å². The fourth-order valence-electron chi connectivity index (χ4n) is 2.54. The lowest BCUT2D eigenvalue weighted by atomic mass is 10.2. The molecular formula is C15H23N3O3S. The molecule has 22 heavy (non-hydrogen) atoms. The number of hydrogen-bond donors (Lipinski definition) is 1. The predicted molar refractivity (Wildman–Crippen MR) is 86.2 cm³/mol. The van der Waals surface area contributed by atoms with Gasteiger partial charge in [0.25, 0.3) is 5.56 Å². The van der Waals surface area contributed by atoms with Crippen molar-refractivity contribution in [2.75, 3.05) is 18.8 Å². The molecule has 1 aliphatic rings. The second kappa shape index (κ2) is 7.78. The fourth-order valence-corrected chi connectivity index (χ4v) is 3.34. The van der Waals surface area contributed by atoms with E-state index in [1.165, 1.54) is 17.8 Å². The monoisotopic (exact) mass is 325 g/mol. The van der Waals surface area contributed by atoms with Crippen molar-refractivity contribution in [1.29, 1.82) is 0 Å². The molecule has 122 valence electrons. The van der Waals surface area contributed by atoms with Crippen LogP contribution >= 0.6 is 11.8 Å². The highest BCUT2D eigenvalue weighted by Crippen LogP contribution is 2.16. The maximum absolute atomic E-state index is 12.3. The Morgan fingerprint density at radius 3 is 2.77 bits per heavy atom. The molecule has 1 amide bonds. The van der Waals surface area contributed by atoms with Gasteiger partial charge in [-0.1, -0.05) is 25.1 Å². The largest absolute Gasteiger partial charge is 0.372 e. The van der Waals surface area contributed by atoms with Crippen molar-refractivity contribution in [3.05, 3.63) is 22.1 Å². The highest BCUT2D eigenvalue weighted by atomic mass is 32.2. The van der Waals surface area contributed by atoms with Crippen LogP contribution in [0.25, 0.3) is 0 Å². The average Bonchev–Trinajstić information content (AvgIpc) is 2.43. The number of morpholine rings is 1. The van der Waals surface area contributed by atoms with Crippen LogP contribution in [0.1, 0.15) is 32.9 Å². The van der Waals surface area contributed by atoms with Crippen LogP contribution in [0.5, 0.6) is 0 Å². The first kappa shape index (κ1) is 17.0. The van der Waals surface area contributed by atoms with Gasteiger partial charge < -0.3 is 14.6 Å². The summed E-state index contributed by atoms with van der Waals surface area (Å²) in [5.41, 5.74) is 0.608. The lowest BCUT2D eigenvalue weighted by molar-refractivity contribution is -0.140. The van der Waals surface area contributed by atoms with E-state index in [1.54, 1.807) is 0 Å². The van der Waals surface area contributed by atoms with Crippen LogP contribution < -0.4 is 5.56 Å². The molecule has 2 atom stereocenters. The van der Waals surface area contributed by atoms with Gasteiger partial charge in [-0.25, -0.2) is 4.98 Å². The number of ether oxygens (including phenoxy) is 1. The van der Waals surface area contributed by atoms with Crippen LogP contribution in [0.3, 0.4) is 0 Å². The maximum Gasteiger partial charge on any atom is 0.251 e. The minimum absolute atomic E-state index is 0.0514. The van der Waals surface area contributed by atoms with E-state index in [-0.39, 0.29) is 29.4 Å². The molecule has 1 aromatic rings. The number of thioether (sulfide) groups is 1. The SMILES string of the molecule is CCCc1cc(=O)[nH]c(SCC(=O)N2C[C@@H](C)O[C@H](C)C2)n1. The quantitative estimate of drug-likeness (QED) is 0.655. The molecule has 0 aliphatic carbocycles. The van der Waals surface area contributed by atoms with Gasteiger partial charge >= 0.3 is 0 Å². The zero-order valence-corrected chi connectivity index (χ0v) is 14.1. The van der Waals surface area contributed by atoms with Gasteiger partial charge in [0, 0.05) is 24.8 Å². The summed E-state index contributed by atoms with van der Waals surface area (Å²) >= 11 is 1.28. The normalized spacial score (nSPS) is 21.9. The van der Waals surface area contributed by atoms with Gasteiger partial charge in [0.1, 0.15) is 0 Å². The molecule has 0 radical (unpaired) electrons. The zero-order valence-electron chi connectivity index (χ0n) is 13.3. The smallest absolute Gasteiger partial charge is 0.251 e. The number of aromatic nitrogens is 2. The molecule has 2 heterocycles. The molecule has 0 saturated carbocycles. The topological polar surface area (TPSA) is 75.3 Å². The summed E-state index contributed by atoms with van der Waals surface area (Å²) in [7, 11) is 0. The first-order chi connectivity index (χ1) is 10.5. The number of H-pyrrole nitrogens is 1. The van der Waals surface area contributed by atoms with Crippen LogP contribution in [0.4, 0.5) is 0 Å². The van der Waals surface area contributed by atoms with E-state index in [1.807, 2.05) is 25.7 Å². The predicted octanol–water partition coefficient (Wildman–Crippen LogP) is 1.45. The van der Waals surface area contributed by atoms with E-state index < -0.39 is 0 Å². The van der Waals surface area contributed by atoms with Gasteiger partial charge in [-0.3, -0.25) is 9.59 Å². The minimum Gasteiger partial charge on any atom is -0.372 e. The number of nitrogens with one attached hydrogen (secondary N) is 1. The van der Waals surface area contributed by atoms with Crippen molar-refractivity contribution in [3.8, 4) is 0 Å².